The van der Waals surface area contributed by atoms with Crippen molar-refractivity contribution in [3.63, 3.8) is 0 Å². The summed E-state index contributed by atoms with van der Waals surface area (Å²) in [6, 6.07) is 0. The minimum absolute atomic E-state index is 0. The fourth-order valence-electron chi connectivity index (χ4n) is 0.598. The Hall–Kier alpha value is 0.614. The maximum Gasteiger partial charge on any atom is 0.152 e. The minimum Gasteiger partial charge on any atom is -0.342 e. The topological polar surface area (TPSA) is 34.1 Å². The molecule has 0 N–H and O–H groups in total. The van der Waals surface area contributed by atoms with Crippen LogP contribution in [0.2, 0.25) is 0 Å². The number of sulfone groups is 1. The van der Waals surface area contributed by atoms with E-state index < -0.39 is 14.6 Å². The van der Waals surface area contributed by atoms with Gasteiger partial charge in [-0.25, -0.2) is 8.42 Å². The molecule has 0 aromatic heterocycles. The Kier molecular flexibility index (Phi) is 27.1. The van der Waals surface area contributed by atoms with Crippen LogP contribution in [0.3, 0.4) is 0 Å². The normalized spacial score (nSPS) is 9.33. The molecule has 0 amide bonds. The largest absolute Gasteiger partial charge is 0.342 e. The van der Waals surface area contributed by atoms with E-state index in [1.54, 1.807) is 20.8 Å². The molecule has 4 heteroatoms. The van der Waals surface area contributed by atoms with Crippen molar-refractivity contribution < 1.29 is 41.1 Å². The number of unbranched alkanes of at least 4 members (excludes halogenated alkanes) is 1. The van der Waals surface area contributed by atoms with Crippen LogP contribution in [0.1, 0.15) is 54.9 Å². The molecule has 0 heterocycles. The van der Waals surface area contributed by atoms with Gasteiger partial charge in [-0.3, -0.25) is 0 Å². The van der Waals surface area contributed by atoms with E-state index in [1.807, 2.05) is 0 Å². The molecular formula is C14H30O2SY-2. The summed E-state index contributed by atoms with van der Waals surface area (Å²) >= 11 is 0. The van der Waals surface area contributed by atoms with Gasteiger partial charge in [0, 0.05) is 38.5 Å². The molecule has 0 aromatic rings. The third-order valence-electron chi connectivity index (χ3n) is 1.67. The fraction of sp³-hybridized carbons (Fsp3) is 0.714. The van der Waals surface area contributed by atoms with Gasteiger partial charge in [-0.1, -0.05) is 14.9 Å². The van der Waals surface area contributed by atoms with E-state index in [0.29, 0.717) is 6.42 Å². The van der Waals surface area contributed by atoms with E-state index >= 15 is 0 Å². The van der Waals surface area contributed by atoms with E-state index in [1.165, 1.54) is 0 Å². The third kappa shape index (κ3) is 16.6. The van der Waals surface area contributed by atoms with Gasteiger partial charge in [-0.15, -0.1) is 12.3 Å². The molecule has 0 bridgehead atoms. The van der Waals surface area contributed by atoms with Gasteiger partial charge < -0.3 is 13.8 Å². The number of terminal acetylenes is 1. The van der Waals surface area contributed by atoms with Gasteiger partial charge in [0.1, 0.15) is 0 Å². The first-order chi connectivity index (χ1) is 6.72. The second-order valence-corrected chi connectivity index (χ2v) is 6.95. The van der Waals surface area contributed by atoms with Crippen LogP contribution in [0.25, 0.3) is 0 Å². The van der Waals surface area contributed by atoms with Crippen LogP contribution in [0, 0.1) is 26.2 Å². The van der Waals surface area contributed by atoms with Crippen molar-refractivity contribution in [2.24, 2.45) is 0 Å². The zero-order valence-electron chi connectivity index (χ0n) is 10.6. The van der Waals surface area contributed by atoms with Gasteiger partial charge in [0.25, 0.3) is 0 Å². The van der Waals surface area contributed by atoms with E-state index in [9.17, 15) is 8.42 Å². The second kappa shape index (κ2) is 15.7. The van der Waals surface area contributed by atoms with E-state index in [-0.39, 0.29) is 53.3 Å². The predicted octanol–water partition coefficient (Wildman–Crippen LogP) is 3.93. The Morgan fingerprint density at radius 2 is 1.50 bits per heavy atom. The summed E-state index contributed by atoms with van der Waals surface area (Å²) in [6.07, 6.45) is 6.97. The van der Waals surface area contributed by atoms with Gasteiger partial charge in [0.15, 0.2) is 9.84 Å². The molecule has 0 aliphatic heterocycles. The molecule has 0 saturated carbocycles. The smallest absolute Gasteiger partial charge is 0.152 e. The third-order valence-corrected chi connectivity index (χ3v) is 4.36. The first-order valence-corrected chi connectivity index (χ1v) is 6.62. The van der Waals surface area contributed by atoms with Crippen molar-refractivity contribution in [1.29, 1.82) is 0 Å². The van der Waals surface area contributed by atoms with E-state index in [4.69, 9.17) is 6.42 Å². The van der Waals surface area contributed by atoms with Crippen LogP contribution in [-0.4, -0.2) is 18.9 Å². The first-order valence-electron chi connectivity index (χ1n) is 4.97. The van der Waals surface area contributed by atoms with Crippen LogP contribution in [0.5, 0.6) is 0 Å². The zero-order valence-corrected chi connectivity index (χ0v) is 14.3. The van der Waals surface area contributed by atoms with Gasteiger partial charge >= 0.3 is 0 Å². The molecule has 0 spiro atoms. The molecule has 18 heavy (non-hydrogen) atoms. The Morgan fingerprint density at radius 1 is 1.11 bits per heavy atom. The molecule has 0 atom stereocenters. The van der Waals surface area contributed by atoms with Gasteiger partial charge in [0.05, 0.1) is 4.75 Å². The van der Waals surface area contributed by atoms with Crippen molar-refractivity contribution >= 4 is 9.84 Å². The van der Waals surface area contributed by atoms with Crippen LogP contribution in [-0.2, 0) is 42.5 Å². The number of rotatable bonds is 3. The zero-order chi connectivity index (χ0) is 12.5. The molecular weight excluding hydrogens is 321 g/mol. The van der Waals surface area contributed by atoms with Crippen molar-refractivity contribution in [2.45, 2.75) is 59.6 Å². The van der Waals surface area contributed by atoms with Crippen molar-refractivity contribution in [3.8, 4) is 12.3 Å². The van der Waals surface area contributed by atoms with Gasteiger partial charge in [-0.05, 0) is 27.2 Å². The predicted molar refractivity (Wildman–Crippen MR) is 80.4 cm³/mol. The van der Waals surface area contributed by atoms with Crippen LogP contribution >= 0.6 is 0 Å². The second-order valence-electron chi connectivity index (χ2n) is 4.09. The summed E-state index contributed by atoms with van der Waals surface area (Å²) in [5.74, 6) is 2.65. The Labute approximate surface area is 142 Å². The van der Waals surface area contributed by atoms with Crippen LogP contribution in [0.4, 0.5) is 0 Å². The van der Waals surface area contributed by atoms with Crippen molar-refractivity contribution in [1.82, 2.24) is 0 Å². The molecule has 0 aliphatic rings. The molecule has 1 radical (unpaired) electrons. The summed E-state index contributed by atoms with van der Waals surface area (Å²) < 4.78 is 21.8. The summed E-state index contributed by atoms with van der Waals surface area (Å²) in [5, 5.41) is 0. The molecule has 0 unspecified atom stereocenters. The monoisotopic (exact) mass is 351 g/mol. The maximum absolute atomic E-state index is 11.2. The Morgan fingerprint density at radius 3 is 1.56 bits per heavy atom. The maximum atomic E-state index is 11.2. The summed E-state index contributed by atoms with van der Waals surface area (Å²) in [7, 11) is -2.91. The molecule has 0 aromatic carbocycles. The average molecular weight is 351 g/mol. The van der Waals surface area contributed by atoms with Gasteiger partial charge in [-0.2, -0.15) is 12.8 Å². The number of hydrogen-bond acceptors (Lipinski definition) is 2. The molecule has 0 aliphatic carbocycles. The summed E-state index contributed by atoms with van der Waals surface area (Å²) in [4.78, 5) is 0. The Bertz CT molecular complexity index is 282. The van der Waals surface area contributed by atoms with E-state index in [0.717, 1.165) is 12.8 Å². The minimum atomic E-state index is -2.91. The summed E-state index contributed by atoms with van der Waals surface area (Å²) in [5.41, 5.74) is 0. The van der Waals surface area contributed by atoms with E-state index in [2.05, 4.69) is 19.8 Å². The van der Waals surface area contributed by atoms with Gasteiger partial charge in [0.2, 0.25) is 0 Å². The quantitative estimate of drug-likeness (QED) is 0.570. The Balaban J connectivity index is -0.0000000621. The van der Waals surface area contributed by atoms with Crippen molar-refractivity contribution in [2.75, 3.05) is 5.75 Å². The van der Waals surface area contributed by atoms with Crippen molar-refractivity contribution in [3.05, 3.63) is 13.8 Å². The van der Waals surface area contributed by atoms with Crippen LogP contribution in [0.15, 0.2) is 0 Å². The average Bonchev–Trinajstić information content (AvgIpc) is 2.04. The summed E-state index contributed by atoms with van der Waals surface area (Å²) in [6.45, 7) is 12.2. The SMILES string of the molecule is C.C.C#CCC[CH2-].[CH2-]CCS(=O)(=O)C(C)(C)C.[Y]. The molecule has 2 nitrogen and oxygen atoms in total. The van der Waals surface area contributed by atoms with Crippen LogP contribution < -0.4 is 0 Å². The fourth-order valence-corrected chi connectivity index (χ4v) is 1.59. The number of hydrogen-bond donors (Lipinski definition) is 0. The molecule has 0 rings (SSSR count). The molecule has 0 saturated heterocycles. The molecule has 109 valence electrons. The first kappa shape index (κ1) is 31.2. The molecule has 0 fully saturated rings. The standard InChI is InChI=1S/C7H15O2S.C5H7.2CH4.Y/c1-5-6-10(8,9)7(2,3)4;1-3-5-4-2;;;/h1,5-6H2,2-4H3;1H,2,4-5H2;2*1H4;/q2*-1;;;.